The normalized spacial score (nSPS) is 21.8. The molecule has 0 aromatic rings. The standard InChI is InChI=1S/C17H35N/c1-4-6-8-10-12-16(11-9-7-5-2)15-17-13-14-18(17)3/h16-17H,4-15H2,1-3H3/t16?,17-/m0/s1. The highest BCUT2D eigenvalue weighted by atomic mass is 15.2. The third-order valence-electron chi connectivity index (χ3n) is 4.73. The fourth-order valence-corrected chi connectivity index (χ4v) is 3.18. The van der Waals surface area contributed by atoms with Crippen LogP contribution in [0.25, 0.3) is 0 Å². The first-order valence-electron chi connectivity index (χ1n) is 8.48. The third kappa shape index (κ3) is 6.22. The predicted molar refractivity (Wildman–Crippen MR) is 82.0 cm³/mol. The molecule has 1 unspecified atom stereocenters. The number of unbranched alkanes of at least 4 members (excludes halogenated alkanes) is 5. The van der Waals surface area contributed by atoms with E-state index in [2.05, 4.69) is 25.8 Å². The van der Waals surface area contributed by atoms with E-state index >= 15 is 0 Å². The van der Waals surface area contributed by atoms with Gasteiger partial charge in [0, 0.05) is 6.04 Å². The maximum absolute atomic E-state index is 2.55. The van der Waals surface area contributed by atoms with Crippen molar-refractivity contribution in [3.8, 4) is 0 Å². The summed E-state index contributed by atoms with van der Waals surface area (Å²) in [6.07, 6.45) is 15.9. The summed E-state index contributed by atoms with van der Waals surface area (Å²) in [7, 11) is 2.30. The molecule has 1 aliphatic heterocycles. The van der Waals surface area contributed by atoms with Crippen LogP contribution in [-0.2, 0) is 0 Å². The first-order valence-corrected chi connectivity index (χ1v) is 8.48. The molecule has 0 N–H and O–H groups in total. The Labute approximate surface area is 115 Å². The van der Waals surface area contributed by atoms with Crippen LogP contribution in [0.4, 0.5) is 0 Å². The summed E-state index contributed by atoms with van der Waals surface area (Å²) in [5, 5.41) is 0. The topological polar surface area (TPSA) is 3.24 Å². The van der Waals surface area contributed by atoms with E-state index in [4.69, 9.17) is 0 Å². The molecule has 2 atom stereocenters. The molecule has 0 aromatic heterocycles. The Balaban J connectivity index is 2.17. The lowest BCUT2D eigenvalue weighted by molar-refractivity contribution is 0.0970. The van der Waals surface area contributed by atoms with Crippen LogP contribution in [0.5, 0.6) is 0 Å². The monoisotopic (exact) mass is 253 g/mol. The van der Waals surface area contributed by atoms with E-state index in [1.807, 2.05) is 0 Å². The van der Waals surface area contributed by atoms with E-state index < -0.39 is 0 Å². The summed E-state index contributed by atoms with van der Waals surface area (Å²) >= 11 is 0. The summed E-state index contributed by atoms with van der Waals surface area (Å²) in [5.41, 5.74) is 0. The second-order valence-electron chi connectivity index (χ2n) is 6.37. The summed E-state index contributed by atoms with van der Waals surface area (Å²) < 4.78 is 0. The fourth-order valence-electron chi connectivity index (χ4n) is 3.18. The zero-order valence-electron chi connectivity index (χ0n) is 13.1. The molecule has 18 heavy (non-hydrogen) atoms. The highest BCUT2D eigenvalue weighted by molar-refractivity contribution is 4.82. The molecule has 0 spiro atoms. The van der Waals surface area contributed by atoms with Crippen molar-refractivity contribution in [3.05, 3.63) is 0 Å². The number of rotatable bonds is 11. The second-order valence-corrected chi connectivity index (χ2v) is 6.37. The van der Waals surface area contributed by atoms with E-state index in [1.165, 1.54) is 77.2 Å². The van der Waals surface area contributed by atoms with Gasteiger partial charge in [-0.2, -0.15) is 0 Å². The smallest absolute Gasteiger partial charge is 0.0107 e. The first-order chi connectivity index (χ1) is 8.77. The van der Waals surface area contributed by atoms with E-state index in [0.29, 0.717) is 0 Å². The van der Waals surface area contributed by atoms with Gasteiger partial charge in [-0.15, -0.1) is 0 Å². The van der Waals surface area contributed by atoms with Crippen LogP contribution in [0.1, 0.15) is 84.5 Å². The zero-order valence-corrected chi connectivity index (χ0v) is 13.1. The zero-order chi connectivity index (χ0) is 13.2. The van der Waals surface area contributed by atoms with Crippen molar-refractivity contribution in [1.29, 1.82) is 0 Å². The van der Waals surface area contributed by atoms with Gasteiger partial charge in [0.25, 0.3) is 0 Å². The quantitative estimate of drug-likeness (QED) is 0.455. The molecule has 0 aromatic carbocycles. The van der Waals surface area contributed by atoms with Gasteiger partial charge < -0.3 is 4.90 Å². The average molecular weight is 253 g/mol. The van der Waals surface area contributed by atoms with Gasteiger partial charge in [-0.3, -0.25) is 0 Å². The van der Waals surface area contributed by atoms with Crippen molar-refractivity contribution in [1.82, 2.24) is 4.90 Å². The van der Waals surface area contributed by atoms with Gasteiger partial charge in [0.15, 0.2) is 0 Å². The molecule has 0 aliphatic carbocycles. The van der Waals surface area contributed by atoms with Crippen molar-refractivity contribution < 1.29 is 0 Å². The number of hydrogen-bond acceptors (Lipinski definition) is 1. The Morgan fingerprint density at radius 1 is 0.944 bits per heavy atom. The van der Waals surface area contributed by atoms with E-state index in [9.17, 15) is 0 Å². The summed E-state index contributed by atoms with van der Waals surface area (Å²) in [6.45, 7) is 5.96. The highest BCUT2D eigenvalue weighted by Gasteiger charge is 2.26. The van der Waals surface area contributed by atoms with Crippen molar-refractivity contribution in [2.75, 3.05) is 13.6 Å². The lowest BCUT2D eigenvalue weighted by Crippen LogP contribution is -2.45. The molecule has 1 nitrogen and oxygen atoms in total. The minimum Gasteiger partial charge on any atom is -0.303 e. The predicted octanol–water partition coefficient (Wildman–Crippen LogP) is 5.25. The molecule has 0 saturated carbocycles. The van der Waals surface area contributed by atoms with Gasteiger partial charge in [0.1, 0.15) is 0 Å². The van der Waals surface area contributed by atoms with Gasteiger partial charge in [-0.25, -0.2) is 0 Å². The molecule has 0 bridgehead atoms. The molecule has 1 rings (SSSR count). The maximum Gasteiger partial charge on any atom is 0.0107 e. The van der Waals surface area contributed by atoms with Gasteiger partial charge in [-0.1, -0.05) is 71.6 Å². The van der Waals surface area contributed by atoms with E-state index in [1.54, 1.807) is 0 Å². The lowest BCUT2D eigenvalue weighted by Gasteiger charge is -2.40. The largest absolute Gasteiger partial charge is 0.303 e. The minimum absolute atomic E-state index is 0.919. The second kappa shape index (κ2) is 9.83. The fraction of sp³-hybridized carbons (Fsp3) is 1.00. The van der Waals surface area contributed by atoms with Gasteiger partial charge in [-0.05, 0) is 32.4 Å². The Bertz CT molecular complexity index is 190. The van der Waals surface area contributed by atoms with Crippen LogP contribution in [0.3, 0.4) is 0 Å². The minimum atomic E-state index is 0.919. The molecular weight excluding hydrogens is 218 g/mol. The Hall–Kier alpha value is -0.0400. The molecule has 108 valence electrons. The van der Waals surface area contributed by atoms with Crippen LogP contribution in [0, 0.1) is 5.92 Å². The van der Waals surface area contributed by atoms with Crippen molar-refractivity contribution in [2.45, 2.75) is 90.5 Å². The molecule has 1 heterocycles. The van der Waals surface area contributed by atoms with Crippen LogP contribution in [0.15, 0.2) is 0 Å². The summed E-state index contributed by atoms with van der Waals surface area (Å²) in [6, 6.07) is 0.919. The molecule has 1 fully saturated rings. The Morgan fingerprint density at radius 2 is 1.56 bits per heavy atom. The van der Waals surface area contributed by atoms with Crippen molar-refractivity contribution >= 4 is 0 Å². The Kier molecular flexibility index (Phi) is 8.75. The number of nitrogens with zero attached hydrogens (tertiary/aromatic N) is 1. The number of hydrogen-bond donors (Lipinski definition) is 0. The van der Waals surface area contributed by atoms with Crippen molar-refractivity contribution in [3.63, 3.8) is 0 Å². The summed E-state index contributed by atoms with van der Waals surface area (Å²) in [4.78, 5) is 2.55. The molecule has 1 heteroatoms. The molecule has 0 radical (unpaired) electrons. The first kappa shape index (κ1) is 16.0. The SMILES string of the molecule is CCCCCCC(CCCCC)C[C@@H]1CCN1C. The van der Waals surface area contributed by atoms with E-state index in [0.717, 1.165) is 12.0 Å². The van der Waals surface area contributed by atoms with Crippen LogP contribution >= 0.6 is 0 Å². The molecule has 0 amide bonds. The Morgan fingerprint density at radius 3 is 2.06 bits per heavy atom. The van der Waals surface area contributed by atoms with Crippen molar-refractivity contribution in [2.24, 2.45) is 5.92 Å². The summed E-state index contributed by atoms with van der Waals surface area (Å²) in [5.74, 6) is 1.01. The van der Waals surface area contributed by atoms with Gasteiger partial charge in [0.05, 0.1) is 0 Å². The van der Waals surface area contributed by atoms with E-state index in [-0.39, 0.29) is 0 Å². The van der Waals surface area contributed by atoms with Gasteiger partial charge >= 0.3 is 0 Å². The van der Waals surface area contributed by atoms with Gasteiger partial charge in [0.2, 0.25) is 0 Å². The molecular formula is C17H35N. The third-order valence-corrected chi connectivity index (χ3v) is 4.73. The van der Waals surface area contributed by atoms with Crippen LogP contribution < -0.4 is 0 Å². The van der Waals surface area contributed by atoms with Crippen LogP contribution in [-0.4, -0.2) is 24.5 Å². The average Bonchev–Trinajstić information content (AvgIpc) is 2.38. The highest BCUT2D eigenvalue weighted by Crippen LogP contribution is 2.28. The maximum atomic E-state index is 2.55. The number of likely N-dealkylation sites (tertiary alicyclic amines) is 1. The van der Waals surface area contributed by atoms with Crippen LogP contribution in [0.2, 0.25) is 0 Å². The lowest BCUT2D eigenvalue weighted by atomic mass is 9.85. The molecule has 1 saturated heterocycles. The molecule has 1 aliphatic rings.